The molecule has 82 valence electrons. The molecule has 15 heavy (non-hydrogen) atoms. The molecule has 0 fully saturated rings. The van der Waals surface area contributed by atoms with Crippen molar-refractivity contribution in [2.24, 2.45) is 0 Å². The standard InChI is InChI=1S/C12H15Br2N/c1-8(2)4-5-15-12-10(13)6-9(3)7-11(12)14/h6-7,15H,1,4-5H2,2-3H3. The number of rotatable bonds is 4. The first-order valence-corrected chi connectivity index (χ1v) is 6.43. The van der Waals surface area contributed by atoms with E-state index in [1.165, 1.54) is 11.1 Å². The van der Waals surface area contributed by atoms with Gasteiger partial charge in [-0.1, -0.05) is 5.57 Å². The van der Waals surface area contributed by atoms with Gasteiger partial charge < -0.3 is 5.32 Å². The van der Waals surface area contributed by atoms with Crippen molar-refractivity contribution in [1.29, 1.82) is 0 Å². The molecule has 1 N–H and O–H groups in total. The number of hydrogen-bond acceptors (Lipinski definition) is 1. The normalized spacial score (nSPS) is 10.1. The lowest BCUT2D eigenvalue weighted by atomic mass is 10.2. The van der Waals surface area contributed by atoms with E-state index in [0.29, 0.717) is 0 Å². The second-order valence-corrected chi connectivity index (χ2v) is 5.45. The summed E-state index contributed by atoms with van der Waals surface area (Å²) in [5.41, 5.74) is 3.54. The molecule has 1 nitrogen and oxygen atoms in total. The molecule has 1 aromatic carbocycles. The van der Waals surface area contributed by atoms with Crippen LogP contribution < -0.4 is 5.32 Å². The van der Waals surface area contributed by atoms with Crippen LogP contribution in [0.5, 0.6) is 0 Å². The lowest BCUT2D eigenvalue weighted by Crippen LogP contribution is -2.03. The van der Waals surface area contributed by atoms with Gasteiger partial charge in [-0.05, 0) is 69.8 Å². The van der Waals surface area contributed by atoms with Crippen molar-refractivity contribution >= 4 is 37.5 Å². The lowest BCUT2D eigenvalue weighted by molar-refractivity contribution is 1.000. The Morgan fingerprint density at radius 2 is 1.87 bits per heavy atom. The molecule has 0 spiro atoms. The number of aryl methyl sites for hydroxylation is 1. The van der Waals surface area contributed by atoms with E-state index in [1.54, 1.807) is 0 Å². The van der Waals surface area contributed by atoms with Crippen LogP contribution in [0.1, 0.15) is 18.9 Å². The van der Waals surface area contributed by atoms with Crippen molar-refractivity contribution in [3.05, 3.63) is 38.8 Å². The first kappa shape index (κ1) is 12.8. The van der Waals surface area contributed by atoms with Crippen LogP contribution in [0, 0.1) is 6.92 Å². The smallest absolute Gasteiger partial charge is 0.0629 e. The average Bonchev–Trinajstić information content (AvgIpc) is 2.08. The highest BCUT2D eigenvalue weighted by atomic mass is 79.9. The van der Waals surface area contributed by atoms with E-state index < -0.39 is 0 Å². The summed E-state index contributed by atoms with van der Waals surface area (Å²) in [6.45, 7) is 8.91. The highest BCUT2D eigenvalue weighted by molar-refractivity contribution is 9.11. The molecular weight excluding hydrogens is 318 g/mol. The van der Waals surface area contributed by atoms with E-state index in [0.717, 1.165) is 27.6 Å². The molecule has 0 aliphatic heterocycles. The number of nitrogens with one attached hydrogen (secondary N) is 1. The zero-order valence-corrected chi connectivity index (χ0v) is 12.2. The summed E-state index contributed by atoms with van der Waals surface area (Å²) >= 11 is 7.10. The number of benzene rings is 1. The quantitative estimate of drug-likeness (QED) is 0.773. The van der Waals surface area contributed by atoms with Gasteiger partial charge in [0, 0.05) is 15.5 Å². The molecular formula is C12H15Br2N. The molecule has 0 atom stereocenters. The Morgan fingerprint density at radius 3 is 2.33 bits per heavy atom. The molecule has 1 aromatic rings. The Balaban J connectivity index is 2.72. The third-order valence-corrected chi connectivity index (χ3v) is 3.29. The first-order valence-electron chi connectivity index (χ1n) is 4.84. The largest absolute Gasteiger partial charge is 0.383 e. The van der Waals surface area contributed by atoms with Crippen LogP contribution in [0.15, 0.2) is 33.2 Å². The minimum absolute atomic E-state index is 0.912. The van der Waals surface area contributed by atoms with Gasteiger partial charge in [-0.25, -0.2) is 0 Å². The van der Waals surface area contributed by atoms with E-state index in [1.807, 2.05) is 6.92 Å². The van der Waals surface area contributed by atoms with Crippen LogP contribution in [0.25, 0.3) is 0 Å². The van der Waals surface area contributed by atoms with E-state index in [4.69, 9.17) is 0 Å². The van der Waals surface area contributed by atoms with Gasteiger partial charge in [-0.2, -0.15) is 0 Å². The first-order chi connectivity index (χ1) is 7.00. The third kappa shape index (κ3) is 3.99. The number of hydrogen-bond donors (Lipinski definition) is 1. The van der Waals surface area contributed by atoms with Crippen LogP contribution >= 0.6 is 31.9 Å². The maximum atomic E-state index is 3.88. The minimum atomic E-state index is 0.912. The zero-order chi connectivity index (χ0) is 11.4. The third-order valence-electron chi connectivity index (χ3n) is 2.04. The highest BCUT2D eigenvalue weighted by Gasteiger charge is 2.04. The summed E-state index contributed by atoms with van der Waals surface area (Å²) in [6.07, 6.45) is 0.993. The Hall–Kier alpha value is -0.280. The summed E-state index contributed by atoms with van der Waals surface area (Å²) in [5, 5.41) is 3.39. The van der Waals surface area contributed by atoms with Crippen molar-refractivity contribution < 1.29 is 0 Å². The average molecular weight is 333 g/mol. The predicted molar refractivity (Wildman–Crippen MR) is 74.5 cm³/mol. The molecule has 0 aliphatic rings. The monoisotopic (exact) mass is 331 g/mol. The fourth-order valence-corrected chi connectivity index (χ4v) is 2.97. The number of halogens is 2. The van der Waals surface area contributed by atoms with Gasteiger partial charge in [0.15, 0.2) is 0 Å². The molecule has 0 radical (unpaired) electrons. The lowest BCUT2D eigenvalue weighted by Gasteiger charge is -2.11. The van der Waals surface area contributed by atoms with Gasteiger partial charge in [-0.15, -0.1) is 6.58 Å². The Bertz CT molecular complexity index is 349. The van der Waals surface area contributed by atoms with Crippen LogP contribution in [0.3, 0.4) is 0 Å². The van der Waals surface area contributed by atoms with E-state index in [2.05, 4.69) is 62.8 Å². The zero-order valence-electron chi connectivity index (χ0n) is 9.03. The second kappa shape index (κ2) is 5.71. The second-order valence-electron chi connectivity index (χ2n) is 3.74. The van der Waals surface area contributed by atoms with Gasteiger partial charge in [0.1, 0.15) is 0 Å². The molecule has 1 rings (SSSR count). The molecule has 0 saturated heterocycles. The molecule has 0 aliphatic carbocycles. The summed E-state index contributed by atoms with van der Waals surface area (Å²) < 4.78 is 2.19. The predicted octanol–water partition coefficient (Wildman–Crippen LogP) is 4.90. The van der Waals surface area contributed by atoms with Gasteiger partial charge in [0.2, 0.25) is 0 Å². The minimum Gasteiger partial charge on any atom is -0.383 e. The SMILES string of the molecule is C=C(C)CCNc1c(Br)cc(C)cc1Br. The molecule has 0 amide bonds. The van der Waals surface area contributed by atoms with Crippen LogP contribution in [-0.4, -0.2) is 6.54 Å². The Kier molecular flexibility index (Phi) is 4.87. The topological polar surface area (TPSA) is 12.0 Å². The highest BCUT2D eigenvalue weighted by Crippen LogP contribution is 2.32. The maximum absolute atomic E-state index is 3.88. The summed E-state index contributed by atoms with van der Waals surface area (Å²) in [4.78, 5) is 0. The molecule has 3 heteroatoms. The van der Waals surface area contributed by atoms with Gasteiger partial charge in [-0.3, -0.25) is 0 Å². The van der Waals surface area contributed by atoms with E-state index in [9.17, 15) is 0 Å². The van der Waals surface area contributed by atoms with Gasteiger partial charge in [0.25, 0.3) is 0 Å². The van der Waals surface area contributed by atoms with Crippen molar-refractivity contribution in [2.45, 2.75) is 20.3 Å². The van der Waals surface area contributed by atoms with Crippen molar-refractivity contribution in [2.75, 3.05) is 11.9 Å². The fraction of sp³-hybridized carbons (Fsp3) is 0.333. The summed E-state index contributed by atoms with van der Waals surface area (Å²) in [7, 11) is 0. The molecule has 0 bridgehead atoms. The Morgan fingerprint density at radius 1 is 1.33 bits per heavy atom. The van der Waals surface area contributed by atoms with Crippen LogP contribution in [0.4, 0.5) is 5.69 Å². The van der Waals surface area contributed by atoms with Crippen LogP contribution in [0.2, 0.25) is 0 Å². The van der Waals surface area contributed by atoms with E-state index >= 15 is 0 Å². The van der Waals surface area contributed by atoms with Crippen molar-refractivity contribution in [1.82, 2.24) is 0 Å². The van der Waals surface area contributed by atoms with Crippen molar-refractivity contribution in [3.63, 3.8) is 0 Å². The van der Waals surface area contributed by atoms with E-state index in [-0.39, 0.29) is 0 Å². The van der Waals surface area contributed by atoms with Crippen molar-refractivity contribution in [3.8, 4) is 0 Å². The van der Waals surface area contributed by atoms with Gasteiger partial charge in [0.05, 0.1) is 5.69 Å². The molecule has 0 heterocycles. The summed E-state index contributed by atoms with van der Waals surface area (Å²) in [6, 6.07) is 4.21. The fourth-order valence-electron chi connectivity index (χ4n) is 1.27. The Labute approximate surface area is 108 Å². The number of anilines is 1. The maximum Gasteiger partial charge on any atom is 0.0629 e. The molecule has 0 aromatic heterocycles. The van der Waals surface area contributed by atoms with Gasteiger partial charge >= 0.3 is 0 Å². The summed E-state index contributed by atoms with van der Waals surface area (Å²) in [5.74, 6) is 0. The molecule has 0 saturated carbocycles. The molecule has 0 unspecified atom stereocenters. The van der Waals surface area contributed by atoms with Crippen LogP contribution in [-0.2, 0) is 0 Å².